The monoisotopic (exact) mass is 542 g/mol. The van der Waals surface area contributed by atoms with Crippen molar-refractivity contribution in [3.05, 3.63) is 130 Å². The largest absolute Gasteiger partial charge is 0.490 e. The second kappa shape index (κ2) is 12.7. The molecule has 0 aromatic heterocycles. The van der Waals surface area contributed by atoms with Crippen LogP contribution in [0.1, 0.15) is 35.1 Å². The lowest BCUT2D eigenvalue weighted by molar-refractivity contribution is -0.121. The normalized spacial score (nSPS) is 11.0. The van der Waals surface area contributed by atoms with Gasteiger partial charge in [0.05, 0.1) is 23.2 Å². The highest BCUT2D eigenvalue weighted by atomic mass is 79.9. The lowest BCUT2D eigenvalue weighted by Gasteiger charge is -2.16. The molecule has 0 spiro atoms. The maximum absolute atomic E-state index is 13.2. The quantitative estimate of drug-likeness (QED) is 0.179. The second-order valence-electron chi connectivity index (χ2n) is 8.03. The van der Waals surface area contributed by atoms with Crippen molar-refractivity contribution in [3.63, 3.8) is 0 Å². The average Bonchev–Trinajstić information content (AvgIpc) is 2.90. The van der Waals surface area contributed by atoms with Crippen molar-refractivity contribution in [1.29, 1.82) is 0 Å². The molecule has 0 fully saturated rings. The number of carbonyl (C=O) groups excluding carboxylic acids is 1. The van der Waals surface area contributed by atoms with E-state index in [0.717, 1.165) is 26.7 Å². The first-order chi connectivity index (χ1) is 17.7. The van der Waals surface area contributed by atoms with Gasteiger partial charge in [0, 0.05) is 0 Å². The van der Waals surface area contributed by atoms with Gasteiger partial charge in [-0.25, -0.2) is 5.43 Å². The minimum Gasteiger partial charge on any atom is -0.490 e. The Kier molecular flexibility index (Phi) is 8.89. The number of ether oxygens (including phenoxy) is 2. The van der Waals surface area contributed by atoms with E-state index in [1.54, 1.807) is 6.21 Å². The Morgan fingerprint density at radius 2 is 1.47 bits per heavy atom. The smallest absolute Gasteiger partial charge is 0.252 e. The zero-order valence-electron chi connectivity index (χ0n) is 19.9. The maximum Gasteiger partial charge on any atom is 0.252 e. The van der Waals surface area contributed by atoms with E-state index in [1.165, 1.54) is 0 Å². The van der Waals surface area contributed by atoms with Gasteiger partial charge in [-0.3, -0.25) is 4.79 Å². The lowest BCUT2D eigenvalue weighted by Crippen LogP contribution is -2.26. The van der Waals surface area contributed by atoms with Gasteiger partial charge in [-0.05, 0) is 57.2 Å². The number of hydrazone groups is 1. The first kappa shape index (κ1) is 25.2. The highest BCUT2D eigenvalue weighted by Crippen LogP contribution is 2.37. The Hall–Kier alpha value is -3.90. The fraction of sp³-hybridized carbons (Fsp3) is 0.133. The molecule has 4 rings (SSSR count). The van der Waals surface area contributed by atoms with Gasteiger partial charge in [0.2, 0.25) is 0 Å². The summed E-state index contributed by atoms with van der Waals surface area (Å²) in [6.07, 6.45) is 1.60. The van der Waals surface area contributed by atoms with E-state index in [-0.39, 0.29) is 5.91 Å². The molecule has 5 nitrogen and oxygen atoms in total. The molecule has 4 aromatic rings. The topological polar surface area (TPSA) is 59.9 Å². The van der Waals surface area contributed by atoms with Crippen LogP contribution in [0.5, 0.6) is 11.5 Å². The molecular formula is C30H27BrN2O3. The highest BCUT2D eigenvalue weighted by Gasteiger charge is 2.22. The summed E-state index contributed by atoms with van der Waals surface area (Å²) in [4.78, 5) is 13.2. The maximum atomic E-state index is 13.2. The molecular weight excluding hydrogens is 516 g/mol. The molecule has 36 heavy (non-hydrogen) atoms. The van der Waals surface area contributed by atoms with E-state index < -0.39 is 5.92 Å². The summed E-state index contributed by atoms with van der Waals surface area (Å²) >= 11 is 3.59. The summed E-state index contributed by atoms with van der Waals surface area (Å²) in [6, 6.07) is 33.0. The molecule has 0 saturated carbocycles. The second-order valence-corrected chi connectivity index (χ2v) is 8.88. The third-order valence-electron chi connectivity index (χ3n) is 5.47. The van der Waals surface area contributed by atoms with E-state index in [9.17, 15) is 4.79 Å². The van der Waals surface area contributed by atoms with Crippen LogP contribution in [0.4, 0.5) is 0 Å². The third kappa shape index (κ3) is 6.61. The molecule has 0 radical (unpaired) electrons. The zero-order chi connectivity index (χ0) is 25.2. The molecule has 0 atom stereocenters. The molecule has 1 N–H and O–H groups in total. The Bertz CT molecular complexity index is 1260. The standard InChI is InChI=1S/C30H27BrN2O3/c1-2-35-27-19-23(18-26(31)29(27)36-21-22-12-6-3-7-13-22)20-32-33-30(34)28(24-14-8-4-9-15-24)25-16-10-5-11-17-25/h3-20,28H,2,21H2,1H3,(H,33,34)/b32-20+. The molecule has 0 aliphatic carbocycles. The number of nitrogens with one attached hydrogen (secondary N) is 1. The molecule has 4 aromatic carbocycles. The Morgan fingerprint density at radius 3 is 2.06 bits per heavy atom. The van der Waals surface area contributed by atoms with Crippen LogP contribution in [0, 0.1) is 0 Å². The number of hydrogen-bond acceptors (Lipinski definition) is 4. The predicted octanol–water partition coefficient (Wildman–Crippen LogP) is 6.71. The SMILES string of the molecule is CCOc1cc(/C=N/NC(=O)C(c2ccccc2)c2ccccc2)cc(Br)c1OCc1ccccc1. The number of carbonyl (C=O) groups is 1. The van der Waals surface area contributed by atoms with Crippen molar-refractivity contribution in [2.45, 2.75) is 19.4 Å². The first-order valence-electron chi connectivity index (χ1n) is 11.7. The van der Waals surface area contributed by atoms with Crippen molar-refractivity contribution in [2.24, 2.45) is 5.10 Å². The molecule has 0 saturated heterocycles. The van der Waals surface area contributed by atoms with Crippen LogP contribution < -0.4 is 14.9 Å². The van der Waals surface area contributed by atoms with Crippen molar-refractivity contribution in [1.82, 2.24) is 5.43 Å². The summed E-state index contributed by atoms with van der Waals surface area (Å²) in [5, 5.41) is 4.24. The van der Waals surface area contributed by atoms with Crippen molar-refractivity contribution < 1.29 is 14.3 Å². The third-order valence-corrected chi connectivity index (χ3v) is 6.06. The molecule has 0 bridgehead atoms. The first-order valence-corrected chi connectivity index (χ1v) is 12.5. The summed E-state index contributed by atoms with van der Waals surface area (Å²) in [6.45, 7) is 2.83. The Morgan fingerprint density at radius 1 is 0.889 bits per heavy atom. The van der Waals surface area contributed by atoms with E-state index in [2.05, 4.69) is 26.5 Å². The van der Waals surface area contributed by atoms with Crippen molar-refractivity contribution in [2.75, 3.05) is 6.61 Å². The van der Waals surface area contributed by atoms with Gasteiger partial charge in [0.25, 0.3) is 5.91 Å². The molecule has 182 valence electrons. The van der Waals surface area contributed by atoms with Crippen LogP contribution in [0.25, 0.3) is 0 Å². The molecule has 0 aliphatic rings. The van der Waals surface area contributed by atoms with Gasteiger partial charge in [0.1, 0.15) is 6.61 Å². The van der Waals surface area contributed by atoms with Crippen molar-refractivity contribution in [3.8, 4) is 11.5 Å². The number of benzene rings is 4. The minimum absolute atomic E-state index is 0.212. The fourth-order valence-electron chi connectivity index (χ4n) is 3.82. The molecule has 0 aliphatic heterocycles. The van der Waals surface area contributed by atoms with Gasteiger partial charge in [-0.1, -0.05) is 91.0 Å². The van der Waals surface area contributed by atoms with Crippen LogP contribution in [-0.4, -0.2) is 18.7 Å². The van der Waals surface area contributed by atoms with E-state index >= 15 is 0 Å². The minimum atomic E-state index is -0.468. The molecule has 0 heterocycles. The molecule has 0 unspecified atom stereocenters. The molecule has 6 heteroatoms. The number of nitrogens with zero attached hydrogens (tertiary/aromatic N) is 1. The highest BCUT2D eigenvalue weighted by molar-refractivity contribution is 9.10. The number of halogens is 1. The fourth-order valence-corrected chi connectivity index (χ4v) is 4.39. The average molecular weight is 543 g/mol. The van der Waals surface area contributed by atoms with Gasteiger partial charge in [-0.2, -0.15) is 5.10 Å². The summed E-state index contributed by atoms with van der Waals surface area (Å²) < 4.78 is 12.6. The Balaban J connectivity index is 1.50. The van der Waals surface area contributed by atoms with E-state index in [4.69, 9.17) is 9.47 Å². The van der Waals surface area contributed by atoms with Gasteiger partial charge in [-0.15, -0.1) is 0 Å². The van der Waals surface area contributed by atoms with Crippen LogP contribution in [-0.2, 0) is 11.4 Å². The lowest BCUT2D eigenvalue weighted by atomic mass is 9.91. The van der Waals surface area contributed by atoms with Gasteiger partial charge >= 0.3 is 0 Å². The number of hydrogen-bond donors (Lipinski definition) is 1. The van der Waals surface area contributed by atoms with E-state index in [0.29, 0.717) is 24.7 Å². The van der Waals surface area contributed by atoms with Crippen molar-refractivity contribution >= 4 is 28.1 Å². The zero-order valence-corrected chi connectivity index (χ0v) is 21.5. The summed E-state index contributed by atoms with van der Waals surface area (Å²) in [5.74, 6) is 0.539. The number of amides is 1. The van der Waals surface area contributed by atoms with Crippen LogP contribution in [0.15, 0.2) is 113 Å². The van der Waals surface area contributed by atoms with Gasteiger partial charge < -0.3 is 9.47 Å². The predicted molar refractivity (Wildman–Crippen MR) is 147 cm³/mol. The Labute approximate surface area is 219 Å². The number of rotatable bonds is 10. The van der Waals surface area contributed by atoms with Gasteiger partial charge in [0.15, 0.2) is 11.5 Å². The summed E-state index contributed by atoms with van der Waals surface area (Å²) in [5.41, 5.74) is 6.32. The van der Waals surface area contributed by atoms with Crippen LogP contribution in [0.3, 0.4) is 0 Å². The van der Waals surface area contributed by atoms with Crippen LogP contribution >= 0.6 is 15.9 Å². The van der Waals surface area contributed by atoms with E-state index in [1.807, 2.05) is 110 Å². The van der Waals surface area contributed by atoms with Crippen LogP contribution in [0.2, 0.25) is 0 Å². The molecule has 1 amide bonds. The summed E-state index contributed by atoms with van der Waals surface area (Å²) in [7, 11) is 0.